The molecule has 5 nitrogen and oxygen atoms in total. The molecule has 0 spiro atoms. The van der Waals surface area contributed by atoms with Gasteiger partial charge < -0.3 is 14.8 Å². The number of anilines is 1. The highest BCUT2D eigenvalue weighted by molar-refractivity contribution is 7.17. The lowest BCUT2D eigenvalue weighted by molar-refractivity contribution is -0.118. The number of benzene rings is 2. The third-order valence-corrected chi connectivity index (χ3v) is 6.80. The van der Waals surface area contributed by atoms with Gasteiger partial charge in [-0.1, -0.05) is 55.5 Å². The van der Waals surface area contributed by atoms with Gasteiger partial charge in [-0.15, -0.1) is 11.3 Å². The number of para-hydroxylation sites is 1. The van der Waals surface area contributed by atoms with Crippen LogP contribution in [0.3, 0.4) is 0 Å². The van der Waals surface area contributed by atoms with Crippen LogP contribution in [-0.4, -0.2) is 25.1 Å². The van der Waals surface area contributed by atoms with Crippen molar-refractivity contribution < 1.29 is 19.1 Å². The molecule has 1 unspecified atom stereocenters. The maximum Gasteiger partial charge on any atom is 0.341 e. The molecule has 3 aromatic rings. The Kier molecular flexibility index (Phi) is 6.90. The maximum atomic E-state index is 12.8. The fraction of sp³-hybridized carbons (Fsp3) is 0.308. The Labute approximate surface area is 192 Å². The number of carbonyl (C=O) groups is 2. The van der Waals surface area contributed by atoms with Crippen LogP contribution in [0.5, 0.6) is 5.75 Å². The molecule has 0 fully saturated rings. The number of hydrogen-bond acceptors (Lipinski definition) is 5. The van der Waals surface area contributed by atoms with Crippen molar-refractivity contribution in [3.63, 3.8) is 0 Å². The van der Waals surface area contributed by atoms with Gasteiger partial charge in [-0.2, -0.15) is 0 Å². The highest BCUT2D eigenvalue weighted by Crippen LogP contribution is 2.43. The predicted molar refractivity (Wildman–Crippen MR) is 128 cm³/mol. The molecule has 1 amide bonds. The minimum absolute atomic E-state index is 0.149. The van der Waals surface area contributed by atoms with Gasteiger partial charge in [0.1, 0.15) is 10.8 Å². The van der Waals surface area contributed by atoms with E-state index in [1.165, 1.54) is 11.3 Å². The van der Waals surface area contributed by atoms with E-state index >= 15 is 0 Å². The third-order valence-electron chi connectivity index (χ3n) is 5.62. The molecule has 0 radical (unpaired) electrons. The number of esters is 1. The summed E-state index contributed by atoms with van der Waals surface area (Å²) >= 11 is 1.48. The molecule has 1 aliphatic carbocycles. The van der Waals surface area contributed by atoms with Gasteiger partial charge in [0.05, 0.1) is 12.2 Å². The number of carbonyl (C=O) groups excluding carboxylic acids is 2. The zero-order chi connectivity index (χ0) is 22.5. The quantitative estimate of drug-likeness (QED) is 0.446. The minimum Gasteiger partial charge on any atom is -0.483 e. The van der Waals surface area contributed by atoms with Gasteiger partial charge in [0.25, 0.3) is 5.91 Å². The number of fused-ring (bicyclic) bond motifs is 1. The number of amides is 1. The summed E-state index contributed by atoms with van der Waals surface area (Å²) in [5, 5.41) is 3.47. The van der Waals surface area contributed by atoms with Gasteiger partial charge in [-0.05, 0) is 49.3 Å². The molecule has 1 heterocycles. The van der Waals surface area contributed by atoms with Gasteiger partial charge in [0, 0.05) is 10.4 Å². The van der Waals surface area contributed by atoms with E-state index in [1.807, 2.05) is 54.6 Å². The van der Waals surface area contributed by atoms with E-state index in [0.717, 1.165) is 40.8 Å². The first kappa shape index (κ1) is 22.1. The summed E-state index contributed by atoms with van der Waals surface area (Å²) in [7, 11) is 0. The van der Waals surface area contributed by atoms with E-state index in [0.29, 0.717) is 22.9 Å². The molecule has 1 N–H and O–H groups in total. The summed E-state index contributed by atoms with van der Waals surface area (Å²) in [5.74, 6) is 0.238. The van der Waals surface area contributed by atoms with Crippen LogP contribution in [0.15, 0.2) is 54.6 Å². The molecule has 1 aromatic heterocycles. The predicted octanol–water partition coefficient (Wildman–Crippen LogP) is 6.05. The van der Waals surface area contributed by atoms with Crippen LogP contribution in [0.4, 0.5) is 5.00 Å². The molecule has 0 saturated heterocycles. The standard InChI is InChI=1S/C26H27NO4S/c1-3-30-26(29)24-23-17(2)10-9-15-21(23)32-25(24)27-22(28)16-31-20-14-8-7-13-19(20)18-11-5-4-6-12-18/h4-8,11-14,17H,3,9-10,15-16H2,1-2H3,(H,27,28). The molecule has 6 heteroatoms. The van der Waals surface area contributed by atoms with Crippen molar-refractivity contribution in [2.75, 3.05) is 18.5 Å². The lowest BCUT2D eigenvalue weighted by atomic mass is 9.86. The van der Waals surface area contributed by atoms with Crippen LogP contribution in [0.2, 0.25) is 0 Å². The summed E-state index contributed by atoms with van der Waals surface area (Å²) in [5.41, 5.74) is 3.49. The van der Waals surface area contributed by atoms with Crippen molar-refractivity contribution in [1.29, 1.82) is 0 Å². The normalized spacial score (nSPS) is 15.0. The number of thiophene rings is 1. The van der Waals surface area contributed by atoms with Crippen LogP contribution in [0.1, 0.15) is 53.4 Å². The second-order valence-corrected chi connectivity index (χ2v) is 8.96. The monoisotopic (exact) mass is 449 g/mol. The highest BCUT2D eigenvalue weighted by Gasteiger charge is 2.30. The molecule has 32 heavy (non-hydrogen) atoms. The number of ether oxygens (including phenoxy) is 2. The Bertz CT molecular complexity index is 1110. The summed E-state index contributed by atoms with van der Waals surface area (Å²) in [6.07, 6.45) is 3.04. The minimum atomic E-state index is -0.371. The van der Waals surface area contributed by atoms with Gasteiger partial charge in [-0.25, -0.2) is 4.79 Å². The van der Waals surface area contributed by atoms with Crippen molar-refractivity contribution in [2.24, 2.45) is 0 Å². The molecule has 0 saturated carbocycles. The number of hydrogen-bond donors (Lipinski definition) is 1. The lowest BCUT2D eigenvalue weighted by Crippen LogP contribution is -2.21. The summed E-state index contributed by atoms with van der Waals surface area (Å²) in [6, 6.07) is 17.6. The first-order valence-corrected chi connectivity index (χ1v) is 11.8. The van der Waals surface area contributed by atoms with Gasteiger partial charge in [-0.3, -0.25) is 4.79 Å². The Morgan fingerprint density at radius 2 is 1.84 bits per heavy atom. The zero-order valence-corrected chi connectivity index (χ0v) is 19.2. The van der Waals surface area contributed by atoms with E-state index in [2.05, 4.69) is 12.2 Å². The smallest absolute Gasteiger partial charge is 0.341 e. The number of rotatable bonds is 7. The van der Waals surface area contributed by atoms with Crippen molar-refractivity contribution in [3.8, 4) is 16.9 Å². The number of nitrogens with one attached hydrogen (secondary N) is 1. The summed E-state index contributed by atoms with van der Waals surface area (Å²) < 4.78 is 11.2. The van der Waals surface area contributed by atoms with Gasteiger partial charge >= 0.3 is 5.97 Å². The zero-order valence-electron chi connectivity index (χ0n) is 18.4. The van der Waals surface area contributed by atoms with E-state index < -0.39 is 0 Å². The van der Waals surface area contributed by atoms with Gasteiger partial charge in [0.2, 0.25) is 0 Å². The lowest BCUT2D eigenvalue weighted by Gasteiger charge is -2.19. The molecule has 0 bridgehead atoms. The third kappa shape index (κ3) is 4.70. The van der Waals surface area contributed by atoms with Crippen LogP contribution in [0, 0.1) is 0 Å². The van der Waals surface area contributed by atoms with Crippen LogP contribution in [-0.2, 0) is 16.0 Å². The Morgan fingerprint density at radius 1 is 1.09 bits per heavy atom. The van der Waals surface area contributed by atoms with E-state index in [1.54, 1.807) is 6.92 Å². The molecule has 1 atom stereocenters. The molecule has 0 aliphatic heterocycles. The SMILES string of the molecule is CCOC(=O)c1c(NC(=O)COc2ccccc2-c2ccccc2)sc2c1C(C)CCC2. The number of aryl methyl sites for hydroxylation is 1. The average Bonchev–Trinajstić information content (AvgIpc) is 3.18. The van der Waals surface area contributed by atoms with Crippen LogP contribution in [0.25, 0.3) is 11.1 Å². The molecular formula is C26H27NO4S. The van der Waals surface area contributed by atoms with E-state index in [-0.39, 0.29) is 24.4 Å². The van der Waals surface area contributed by atoms with Crippen LogP contribution >= 0.6 is 11.3 Å². The van der Waals surface area contributed by atoms with Crippen molar-refractivity contribution in [3.05, 3.63) is 70.6 Å². The fourth-order valence-corrected chi connectivity index (χ4v) is 5.53. The first-order valence-electron chi connectivity index (χ1n) is 11.0. The molecule has 166 valence electrons. The second-order valence-electron chi connectivity index (χ2n) is 7.86. The topological polar surface area (TPSA) is 64.6 Å². The van der Waals surface area contributed by atoms with Crippen molar-refractivity contribution in [2.45, 2.75) is 39.0 Å². The molecule has 1 aliphatic rings. The first-order chi connectivity index (χ1) is 15.6. The van der Waals surface area contributed by atoms with Crippen LogP contribution < -0.4 is 10.1 Å². The Morgan fingerprint density at radius 3 is 2.62 bits per heavy atom. The molecular weight excluding hydrogens is 422 g/mol. The molecule has 2 aromatic carbocycles. The summed E-state index contributed by atoms with van der Waals surface area (Å²) in [6.45, 7) is 4.06. The van der Waals surface area contributed by atoms with E-state index in [4.69, 9.17) is 9.47 Å². The fourth-order valence-electron chi connectivity index (χ4n) is 4.16. The average molecular weight is 450 g/mol. The van der Waals surface area contributed by atoms with Crippen molar-refractivity contribution in [1.82, 2.24) is 0 Å². The van der Waals surface area contributed by atoms with E-state index in [9.17, 15) is 9.59 Å². The van der Waals surface area contributed by atoms with Crippen molar-refractivity contribution >= 4 is 28.2 Å². The Balaban J connectivity index is 1.52. The maximum absolute atomic E-state index is 12.8. The van der Waals surface area contributed by atoms with Gasteiger partial charge in [0.15, 0.2) is 6.61 Å². The second kappa shape index (κ2) is 10.0. The summed E-state index contributed by atoms with van der Waals surface area (Å²) in [4.78, 5) is 26.7. The Hall–Kier alpha value is -3.12. The molecule has 4 rings (SSSR count). The highest BCUT2D eigenvalue weighted by atomic mass is 32.1. The largest absolute Gasteiger partial charge is 0.483 e.